The van der Waals surface area contributed by atoms with Crippen molar-refractivity contribution in [2.75, 3.05) is 19.5 Å². The maximum absolute atomic E-state index is 5.26. The smallest absolute Gasteiger partial charge is 0.232 e. The molecular formula is C12H10Br3N3O2. The van der Waals surface area contributed by atoms with E-state index in [1.54, 1.807) is 20.4 Å². The molecule has 0 saturated carbocycles. The molecule has 20 heavy (non-hydrogen) atoms. The van der Waals surface area contributed by atoms with Crippen molar-refractivity contribution in [3.8, 4) is 11.6 Å². The quantitative estimate of drug-likeness (QED) is 0.716. The van der Waals surface area contributed by atoms with Gasteiger partial charge in [-0.3, -0.25) is 0 Å². The van der Waals surface area contributed by atoms with E-state index in [-0.39, 0.29) is 0 Å². The standard InChI is InChI=1S/C12H10Br3N3O2/c1-19-10-4-9(6(13)3-7(10)14)17-12-16-5-8(15)11(18-12)20-2/h3-5H,1-2H3,(H,16,17,18). The number of aromatic nitrogens is 2. The monoisotopic (exact) mass is 465 g/mol. The third-order valence-corrected chi connectivity index (χ3v) is 4.21. The van der Waals surface area contributed by atoms with Gasteiger partial charge in [0.25, 0.3) is 0 Å². The van der Waals surface area contributed by atoms with E-state index in [0.29, 0.717) is 22.1 Å². The summed E-state index contributed by atoms with van der Waals surface area (Å²) in [7, 11) is 3.16. The fraction of sp³-hybridized carbons (Fsp3) is 0.167. The fourth-order valence-electron chi connectivity index (χ4n) is 1.46. The number of hydrogen-bond acceptors (Lipinski definition) is 5. The third-order valence-electron chi connectivity index (χ3n) is 2.39. The van der Waals surface area contributed by atoms with E-state index in [1.807, 2.05) is 12.1 Å². The average molecular weight is 468 g/mol. The first-order valence-corrected chi connectivity index (χ1v) is 7.79. The Morgan fingerprint density at radius 3 is 2.40 bits per heavy atom. The highest BCUT2D eigenvalue weighted by atomic mass is 79.9. The van der Waals surface area contributed by atoms with Gasteiger partial charge in [0, 0.05) is 10.5 Å². The summed E-state index contributed by atoms with van der Waals surface area (Å²) in [5, 5.41) is 3.11. The van der Waals surface area contributed by atoms with Gasteiger partial charge in [-0.2, -0.15) is 4.98 Å². The Labute approximate surface area is 141 Å². The van der Waals surface area contributed by atoms with Gasteiger partial charge in [0.2, 0.25) is 11.8 Å². The van der Waals surface area contributed by atoms with E-state index in [0.717, 1.165) is 14.6 Å². The number of anilines is 2. The van der Waals surface area contributed by atoms with Gasteiger partial charge in [-0.05, 0) is 53.9 Å². The summed E-state index contributed by atoms with van der Waals surface area (Å²) in [6.45, 7) is 0. The lowest BCUT2D eigenvalue weighted by Gasteiger charge is -2.11. The number of ether oxygens (including phenoxy) is 2. The fourth-order valence-corrected chi connectivity index (χ4v) is 3.06. The van der Waals surface area contributed by atoms with Crippen molar-refractivity contribution in [3.63, 3.8) is 0 Å². The zero-order valence-corrected chi connectivity index (χ0v) is 15.3. The lowest BCUT2D eigenvalue weighted by Crippen LogP contribution is -2.00. The Morgan fingerprint density at radius 1 is 1.00 bits per heavy atom. The second-order valence-corrected chi connectivity index (χ2v) is 6.21. The van der Waals surface area contributed by atoms with E-state index in [4.69, 9.17) is 9.47 Å². The second-order valence-electron chi connectivity index (χ2n) is 3.64. The van der Waals surface area contributed by atoms with Crippen molar-refractivity contribution in [1.29, 1.82) is 0 Å². The number of rotatable bonds is 4. The molecule has 1 aromatic heterocycles. The van der Waals surface area contributed by atoms with E-state index in [9.17, 15) is 0 Å². The van der Waals surface area contributed by atoms with Crippen LogP contribution in [0.1, 0.15) is 0 Å². The first-order valence-electron chi connectivity index (χ1n) is 5.41. The van der Waals surface area contributed by atoms with Crippen LogP contribution in [0.4, 0.5) is 11.6 Å². The van der Waals surface area contributed by atoms with Crippen molar-refractivity contribution in [2.24, 2.45) is 0 Å². The number of nitrogens with zero attached hydrogens (tertiary/aromatic N) is 2. The van der Waals surface area contributed by atoms with Crippen molar-refractivity contribution in [2.45, 2.75) is 0 Å². The molecule has 0 radical (unpaired) electrons. The van der Waals surface area contributed by atoms with E-state index >= 15 is 0 Å². The Balaban J connectivity index is 2.34. The molecular weight excluding hydrogens is 458 g/mol. The molecule has 106 valence electrons. The summed E-state index contributed by atoms with van der Waals surface area (Å²) in [5.74, 6) is 1.60. The van der Waals surface area contributed by atoms with E-state index in [2.05, 4.69) is 63.1 Å². The zero-order valence-electron chi connectivity index (χ0n) is 10.6. The molecule has 0 aliphatic heterocycles. The van der Waals surface area contributed by atoms with Crippen LogP contribution in [0.3, 0.4) is 0 Å². The Bertz CT molecular complexity index is 638. The number of methoxy groups -OCH3 is 2. The molecule has 2 rings (SSSR count). The first-order chi connectivity index (χ1) is 9.55. The third kappa shape index (κ3) is 3.42. The van der Waals surface area contributed by atoms with Crippen LogP contribution in [0, 0.1) is 0 Å². The molecule has 2 aromatic rings. The van der Waals surface area contributed by atoms with Crippen LogP contribution in [0.5, 0.6) is 11.6 Å². The minimum atomic E-state index is 0.426. The summed E-state index contributed by atoms with van der Waals surface area (Å²) in [6, 6.07) is 3.73. The number of halogens is 3. The summed E-state index contributed by atoms with van der Waals surface area (Å²) in [5.41, 5.74) is 0.787. The molecule has 5 nitrogen and oxygen atoms in total. The zero-order chi connectivity index (χ0) is 14.7. The minimum absolute atomic E-state index is 0.426. The minimum Gasteiger partial charge on any atom is -0.495 e. The van der Waals surface area contributed by atoms with E-state index in [1.165, 1.54) is 0 Å². The van der Waals surface area contributed by atoms with Gasteiger partial charge in [0.1, 0.15) is 5.75 Å². The lowest BCUT2D eigenvalue weighted by atomic mass is 10.3. The van der Waals surface area contributed by atoms with Crippen LogP contribution < -0.4 is 14.8 Å². The highest BCUT2D eigenvalue weighted by Gasteiger charge is 2.10. The van der Waals surface area contributed by atoms with Crippen LogP contribution in [-0.2, 0) is 0 Å². The van der Waals surface area contributed by atoms with Crippen molar-refractivity contribution < 1.29 is 9.47 Å². The van der Waals surface area contributed by atoms with Gasteiger partial charge in [0.05, 0.1) is 35.0 Å². The van der Waals surface area contributed by atoms with Gasteiger partial charge in [-0.1, -0.05) is 0 Å². The summed E-state index contributed by atoms with van der Waals surface area (Å²) in [6.07, 6.45) is 1.62. The number of nitrogens with one attached hydrogen (secondary N) is 1. The van der Waals surface area contributed by atoms with Crippen LogP contribution in [-0.4, -0.2) is 24.2 Å². The molecule has 0 saturated heterocycles. The van der Waals surface area contributed by atoms with Crippen LogP contribution in [0.2, 0.25) is 0 Å². The molecule has 0 bridgehead atoms. The molecule has 0 unspecified atom stereocenters. The summed E-state index contributed by atoms with van der Waals surface area (Å²) in [4.78, 5) is 8.42. The van der Waals surface area contributed by atoms with Crippen molar-refractivity contribution in [1.82, 2.24) is 9.97 Å². The van der Waals surface area contributed by atoms with Gasteiger partial charge in [-0.25, -0.2) is 4.98 Å². The Morgan fingerprint density at radius 2 is 1.75 bits per heavy atom. The number of hydrogen-bond donors (Lipinski definition) is 1. The average Bonchev–Trinajstić information content (AvgIpc) is 2.43. The van der Waals surface area contributed by atoms with E-state index < -0.39 is 0 Å². The van der Waals surface area contributed by atoms with Gasteiger partial charge < -0.3 is 14.8 Å². The maximum atomic E-state index is 5.26. The van der Waals surface area contributed by atoms with Crippen LogP contribution in [0.25, 0.3) is 0 Å². The largest absolute Gasteiger partial charge is 0.495 e. The first kappa shape index (κ1) is 15.5. The predicted octanol–water partition coefficient (Wildman–Crippen LogP) is 4.52. The van der Waals surface area contributed by atoms with Crippen LogP contribution >= 0.6 is 47.8 Å². The molecule has 0 aliphatic carbocycles. The molecule has 0 aliphatic rings. The normalized spacial score (nSPS) is 10.2. The second kappa shape index (κ2) is 6.73. The number of benzene rings is 1. The topological polar surface area (TPSA) is 56.3 Å². The molecule has 0 atom stereocenters. The Hall–Kier alpha value is -0.860. The molecule has 0 spiro atoms. The van der Waals surface area contributed by atoms with Crippen molar-refractivity contribution in [3.05, 3.63) is 31.7 Å². The summed E-state index contributed by atoms with van der Waals surface area (Å²) >= 11 is 10.2. The predicted molar refractivity (Wildman–Crippen MR) is 88.0 cm³/mol. The van der Waals surface area contributed by atoms with Crippen molar-refractivity contribution >= 4 is 59.4 Å². The molecule has 0 fully saturated rings. The maximum Gasteiger partial charge on any atom is 0.232 e. The van der Waals surface area contributed by atoms with Crippen LogP contribution in [0.15, 0.2) is 31.7 Å². The van der Waals surface area contributed by atoms with Gasteiger partial charge >= 0.3 is 0 Å². The Kier molecular flexibility index (Phi) is 5.22. The SMILES string of the molecule is COc1cc(Nc2ncc(Br)c(OC)n2)c(Br)cc1Br. The molecule has 1 N–H and O–H groups in total. The summed E-state index contributed by atoms with van der Waals surface area (Å²) < 4.78 is 12.8. The highest BCUT2D eigenvalue weighted by molar-refractivity contribution is 9.11. The van der Waals surface area contributed by atoms with Gasteiger partial charge in [0.15, 0.2) is 0 Å². The molecule has 1 aromatic carbocycles. The molecule has 0 amide bonds. The highest BCUT2D eigenvalue weighted by Crippen LogP contribution is 2.35. The molecule has 8 heteroatoms. The molecule has 1 heterocycles. The lowest BCUT2D eigenvalue weighted by molar-refractivity contribution is 0.394. The van der Waals surface area contributed by atoms with Gasteiger partial charge in [-0.15, -0.1) is 0 Å².